The Morgan fingerprint density at radius 2 is 2.33 bits per heavy atom. The van der Waals surface area contributed by atoms with Gasteiger partial charge in [-0.3, -0.25) is 0 Å². The third-order valence-electron chi connectivity index (χ3n) is 2.89. The molecule has 0 bridgehead atoms. The molecule has 1 N–H and O–H groups in total. The predicted octanol–water partition coefficient (Wildman–Crippen LogP) is 0.640. The van der Waals surface area contributed by atoms with Gasteiger partial charge in [-0.2, -0.15) is 0 Å². The summed E-state index contributed by atoms with van der Waals surface area (Å²) in [6, 6.07) is 0. The van der Waals surface area contributed by atoms with E-state index in [4.69, 9.17) is 0 Å². The first-order valence-electron chi connectivity index (χ1n) is 4.92. The van der Waals surface area contributed by atoms with Crippen LogP contribution in [-0.4, -0.2) is 43.8 Å². The smallest absolute Gasteiger partial charge is 0.114 e. The normalized spacial score (nSPS) is 37.8. The van der Waals surface area contributed by atoms with Gasteiger partial charge in [0.25, 0.3) is 0 Å². The van der Waals surface area contributed by atoms with Crippen LogP contribution in [0.1, 0.15) is 12.8 Å². The van der Waals surface area contributed by atoms with Crippen molar-refractivity contribution in [1.82, 2.24) is 10.2 Å². The summed E-state index contributed by atoms with van der Waals surface area (Å²) in [7, 11) is 0. The maximum absolute atomic E-state index is 12.8. The lowest BCUT2D eigenvalue weighted by Gasteiger charge is -2.18. The minimum Gasteiger partial charge on any atom is -0.316 e. The van der Waals surface area contributed by atoms with Crippen LogP contribution in [0.15, 0.2) is 0 Å². The molecule has 2 unspecified atom stereocenters. The summed E-state index contributed by atoms with van der Waals surface area (Å²) in [5.41, 5.74) is 0. The molecule has 0 spiro atoms. The Morgan fingerprint density at radius 1 is 1.42 bits per heavy atom. The predicted molar refractivity (Wildman–Crippen MR) is 46.9 cm³/mol. The van der Waals surface area contributed by atoms with Crippen LogP contribution in [0, 0.1) is 5.92 Å². The van der Waals surface area contributed by atoms with Crippen molar-refractivity contribution in [3.8, 4) is 0 Å². The van der Waals surface area contributed by atoms with E-state index in [0.717, 1.165) is 38.5 Å². The molecule has 2 aliphatic rings. The molecule has 2 rings (SSSR count). The SMILES string of the molecule is FC1CCN(CC2CCNC2)C1. The van der Waals surface area contributed by atoms with Gasteiger partial charge in [-0.25, -0.2) is 4.39 Å². The standard InChI is InChI=1S/C9H17FN2/c10-9-2-4-12(7-9)6-8-1-3-11-5-8/h8-9,11H,1-7H2. The van der Waals surface area contributed by atoms with E-state index in [1.807, 2.05) is 0 Å². The van der Waals surface area contributed by atoms with Gasteiger partial charge in [-0.15, -0.1) is 0 Å². The molecule has 3 heteroatoms. The van der Waals surface area contributed by atoms with Crippen molar-refractivity contribution >= 4 is 0 Å². The van der Waals surface area contributed by atoms with Gasteiger partial charge in [0.15, 0.2) is 0 Å². The molecule has 0 aromatic rings. The maximum Gasteiger partial charge on any atom is 0.114 e. The highest BCUT2D eigenvalue weighted by Crippen LogP contribution is 2.16. The third kappa shape index (κ3) is 1.96. The molecule has 2 nitrogen and oxygen atoms in total. The van der Waals surface area contributed by atoms with Crippen LogP contribution in [0.25, 0.3) is 0 Å². The van der Waals surface area contributed by atoms with Gasteiger partial charge in [0.1, 0.15) is 6.17 Å². The minimum absolute atomic E-state index is 0.556. The quantitative estimate of drug-likeness (QED) is 0.657. The van der Waals surface area contributed by atoms with E-state index in [1.54, 1.807) is 0 Å². The number of likely N-dealkylation sites (tertiary alicyclic amines) is 1. The summed E-state index contributed by atoms with van der Waals surface area (Å²) in [5.74, 6) is 0.773. The largest absolute Gasteiger partial charge is 0.316 e. The van der Waals surface area contributed by atoms with Crippen molar-refractivity contribution in [1.29, 1.82) is 0 Å². The first kappa shape index (κ1) is 8.45. The number of hydrogen-bond acceptors (Lipinski definition) is 2. The summed E-state index contributed by atoms with van der Waals surface area (Å²) >= 11 is 0. The highest BCUT2D eigenvalue weighted by molar-refractivity contribution is 4.80. The zero-order chi connectivity index (χ0) is 8.39. The highest BCUT2D eigenvalue weighted by atomic mass is 19.1. The van der Waals surface area contributed by atoms with Crippen LogP contribution >= 0.6 is 0 Å². The molecular formula is C9H17FN2. The van der Waals surface area contributed by atoms with E-state index in [0.29, 0.717) is 6.54 Å². The summed E-state index contributed by atoms with van der Waals surface area (Å²) in [5, 5.41) is 3.34. The molecule has 0 aliphatic carbocycles. The van der Waals surface area contributed by atoms with E-state index < -0.39 is 6.17 Å². The van der Waals surface area contributed by atoms with Crippen LogP contribution in [0.2, 0.25) is 0 Å². The van der Waals surface area contributed by atoms with Crippen LogP contribution in [0.4, 0.5) is 4.39 Å². The number of nitrogens with zero attached hydrogens (tertiary/aromatic N) is 1. The zero-order valence-electron chi connectivity index (χ0n) is 7.43. The monoisotopic (exact) mass is 172 g/mol. The lowest BCUT2D eigenvalue weighted by molar-refractivity contribution is 0.257. The zero-order valence-corrected chi connectivity index (χ0v) is 7.43. The Bertz CT molecular complexity index is 145. The van der Waals surface area contributed by atoms with E-state index in [-0.39, 0.29) is 0 Å². The lowest BCUT2D eigenvalue weighted by atomic mass is 10.1. The summed E-state index contributed by atoms with van der Waals surface area (Å²) < 4.78 is 12.8. The van der Waals surface area contributed by atoms with Gasteiger partial charge >= 0.3 is 0 Å². The summed E-state index contributed by atoms with van der Waals surface area (Å²) in [6.07, 6.45) is 1.47. The average Bonchev–Trinajstić information content (AvgIpc) is 2.63. The first-order chi connectivity index (χ1) is 5.84. The summed E-state index contributed by atoms with van der Waals surface area (Å²) in [6.45, 7) is 5.03. The molecule has 0 amide bonds. The second kappa shape index (κ2) is 3.71. The van der Waals surface area contributed by atoms with Crippen LogP contribution < -0.4 is 5.32 Å². The molecule has 2 saturated heterocycles. The molecule has 70 valence electrons. The van der Waals surface area contributed by atoms with Gasteiger partial charge in [0.05, 0.1) is 0 Å². The Labute approximate surface area is 73.1 Å². The number of halogens is 1. The molecule has 2 atom stereocenters. The Hall–Kier alpha value is -0.150. The molecule has 0 aromatic heterocycles. The van der Waals surface area contributed by atoms with Crippen LogP contribution in [0.5, 0.6) is 0 Å². The van der Waals surface area contributed by atoms with Crippen molar-refractivity contribution in [2.45, 2.75) is 19.0 Å². The van der Waals surface area contributed by atoms with Crippen molar-refractivity contribution in [2.75, 3.05) is 32.7 Å². The molecule has 0 radical (unpaired) electrons. The van der Waals surface area contributed by atoms with Gasteiger partial charge < -0.3 is 10.2 Å². The van der Waals surface area contributed by atoms with Gasteiger partial charge in [-0.05, 0) is 31.8 Å². The van der Waals surface area contributed by atoms with Crippen molar-refractivity contribution in [3.05, 3.63) is 0 Å². The van der Waals surface area contributed by atoms with Gasteiger partial charge in [-0.1, -0.05) is 0 Å². The topological polar surface area (TPSA) is 15.3 Å². The second-order valence-electron chi connectivity index (χ2n) is 4.00. The number of nitrogens with one attached hydrogen (secondary N) is 1. The van der Waals surface area contributed by atoms with Gasteiger partial charge in [0.2, 0.25) is 0 Å². The third-order valence-corrected chi connectivity index (χ3v) is 2.89. The van der Waals surface area contributed by atoms with Crippen LogP contribution in [-0.2, 0) is 0 Å². The molecule has 2 aliphatic heterocycles. The minimum atomic E-state index is -0.556. The van der Waals surface area contributed by atoms with Crippen molar-refractivity contribution < 1.29 is 4.39 Å². The molecule has 2 fully saturated rings. The fourth-order valence-corrected chi connectivity index (χ4v) is 2.19. The van der Waals surface area contributed by atoms with E-state index in [1.165, 1.54) is 6.42 Å². The van der Waals surface area contributed by atoms with Crippen LogP contribution in [0.3, 0.4) is 0 Å². The summed E-state index contributed by atoms with van der Waals surface area (Å²) in [4.78, 5) is 2.27. The molecule has 2 heterocycles. The Balaban J connectivity index is 1.72. The molecule has 12 heavy (non-hydrogen) atoms. The Kier molecular flexibility index (Phi) is 2.61. The fourth-order valence-electron chi connectivity index (χ4n) is 2.19. The van der Waals surface area contributed by atoms with Crippen molar-refractivity contribution in [3.63, 3.8) is 0 Å². The lowest BCUT2D eigenvalue weighted by Crippen LogP contribution is -2.28. The molecule has 0 saturated carbocycles. The van der Waals surface area contributed by atoms with E-state index in [9.17, 15) is 4.39 Å². The van der Waals surface area contributed by atoms with E-state index >= 15 is 0 Å². The molecular weight excluding hydrogens is 155 g/mol. The fraction of sp³-hybridized carbons (Fsp3) is 1.00. The number of hydrogen-bond donors (Lipinski definition) is 1. The first-order valence-corrected chi connectivity index (χ1v) is 4.92. The maximum atomic E-state index is 12.8. The highest BCUT2D eigenvalue weighted by Gasteiger charge is 2.25. The van der Waals surface area contributed by atoms with Gasteiger partial charge in [0, 0.05) is 19.6 Å². The van der Waals surface area contributed by atoms with E-state index in [2.05, 4.69) is 10.2 Å². The average molecular weight is 172 g/mol. The number of rotatable bonds is 2. The Morgan fingerprint density at radius 3 is 2.92 bits per heavy atom. The van der Waals surface area contributed by atoms with Crippen molar-refractivity contribution in [2.24, 2.45) is 5.92 Å². The second-order valence-corrected chi connectivity index (χ2v) is 4.00. The number of alkyl halides is 1. The molecule has 0 aromatic carbocycles.